The van der Waals surface area contributed by atoms with Crippen molar-refractivity contribution in [3.05, 3.63) is 84.4 Å². The van der Waals surface area contributed by atoms with Crippen LogP contribution < -0.4 is 5.32 Å². The molecule has 0 fully saturated rings. The van der Waals surface area contributed by atoms with Crippen molar-refractivity contribution >= 4 is 28.5 Å². The summed E-state index contributed by atoms with van der Waals surface area (Å²) >= 11 is 0. The number of phenolic OH excluding ortho intramolecular Hbond substituents is 1. The lowest BCUT2D eigenvalue weighted by Gasteiger charge is -2.27. The van der Waals surface area contributed by atoms with Gasteiger partial charge in [-0.05, 0) is 48.9 Å². The largest absolute Gasteiger partial charge is 0.508 e. The first-order valence-electron chi connectivity index (χ1n) is 10.7. The second kappa shape index (κ2) is 11.7. The van der Waals surface area contributed by atoms with Crippen LogP contribution in [-0.4, -0.2) is 35.0 Å². The molecule has 7 heteroatoms. The van der Waals surface area contributed by atoms with Crippen LogP contribution in [0.4, 0.5) is 10.5 Å². The Morgan fingerprint density at radius 3 is 2.48 bits per heavy atom. The Labute approximate surface area is 192 Å². The van der Waals surface area contributed by atoms with E-state index in [1.54, 1.807) is 24.3 Å². The molecule has 2 atom stereocenters. The molecule has 0 bridgehead atoms. The van der Waals surface area contributed by atoms with Crippen molar-refractivity contribution in [2.75, 3.05) is 11.9 Å². The van der Waals surface area contributed by atoms with E-state index < -0.39 is 24.3 Å². The maximum atomic E-state index is 12.9. The summed E-state index contributed by atoms with van der Waals surface area (Å²) in [5.41, 5.74) is 1.28. The van der Waals surface area contributed by atoms with Crippen LogP contribution in [0.2, 0.25) is 0 Å². The van der Waals surface area contributed by atoms with Gasteiger partial charge in [0, 0.05) is 18.1 Å². The maximum absolute atomic E-state index is 12.9. The minimum Gasteiger partial charge on any atom is -0.508 e. The molecule has 3 aromatic carbocycles. The second-order valence-corrected chi connectivity index (χ2v) is 7.38. The number of carbonyl (C=O) groups is 2. The number of fused-ring (bicyclic) bond motifs is 1. The summed E-state index contributed by atoms with van der Waals surface area (Å²) in [5, 5.41) is 23.2. The van der Waals surface area contributed by atoms with E-state index in [0.29, 0.717) is 30.7 Å². The maximum Gasteiger partial charge on any atom is 0.412 e. The number of benzene rings is 3. The van der Waals surface area contributed by atoms with Gasteiger partial charge >= 0.3 is 12.1 Å². The molecule has 3 N–H and O–H groups in total. The number of aliphatic carboxylic acids is 1. The van der Waals surface area contributed by atoms with E-state index in [1.807, 2.05) is 43.3 Å². The van der Waals surface area contributed by atoms with Gasteiger partial charge < -0.3 is 19.7 Å². The van der Waals surface area contributed by atoms with Gasteiger partial charge in [0.15, 0.2) is 6.10 Å². The molecule has 0 aromatic heterocycles. The molecule has 3 rings (SSSR count). The predicted octanol–water partition coefficient (Wildman–Crippen LogP) is 5.66. The third-order valence-corrected chi connectivity index (χ3v) is 5.08. The molecule has 0 heterocycles. The highest BCUT2D eigenvalue weighted by atomic mass is 16.6. The summed E-state index contributed by atoms with van der Waals surface area (Å²) in [6.07, 6.45) is 1.56. The van der Waals surface area contributed by atoms with E-state index in [-0.39, 0.29) is 5.75 Å². The Hall–Kier alpha value is -3.84. The molecule has 0 radical (unpaired) electrons. The van der Waals surface area contributed by atoms with Crippen molar-refractivity contribution in [1.29, 1.82) is 0 Å². The number of amides is 1. The smallest absolute Gasteiger partial charge is 0.412 e. The summed E-state index contributed by atoms with van der Waals surface area (Å²) in [7, 11) is 0. The van der Waals surface area contributed by atoms with Crippen LogP contribution in [0.5, 0.6) is 5.75 Å². The number of anilines is 1. The van der Waals surface area contributed by atoms with E-state index in [9.17, 15) is 14.7 Å². The quantitative estimate of drug-likeness (QED) is 0.345. The van der Waals surface area contributed by atoms with E-state index in [4.69, 9.17) is 14.6 Å². The number of hydrogen-bond donors (Lipinski definition) is 3. The lowest BCUT2D eigenvalue weighted by Crippen LogP contribution is -2.29. The lowest BCUT2D eigenvalue weighted by molar-refractivity contribution is -0.131. The lowest BCUT2D eigenvalue weighted by atomic mass is 10.00. The van der Waals surface area contributed by atoms with Gasteiger partial charge in [-0.3, -0.25) is 5.32 Å². The molecule has 172 valence electrons. The van der Waals surface area contributed by atoms with Crippen LogP contribution in [0, 0.1) is 0 Å². The molecule has 1 amide bonds. The molecule has 0 aliphatic rings. The van der Waals surface area contributed by atoms with Gasteiger partial charge in [-0.2, -0.15) is 0 Å². The predicted molar refractivity (Wildman–Crippen MR) is 126 cm³/mol. The average Bonchev–Trinajstić information content (AvgIpc) is 2.80. The standard InChI is InChI=1S/C26H27NO6/c1-2-32-23(12-5-6-13-24(29)30)25(19-14-16-20(28)17-15-19)33-26(31)27-22-11-7-9-18-8-3-4-10-21(18)22/h3-4,6-11,13-17,23,25,28H,2,5,12H2,1H3,(H,27,31)(H,29,30)/b13-6+/t23-,25-/m1/s1. The zero-order valence-electron chi connectivity index (χ0n) is 18.3. The van der Waals surface area contributed by atoms with Gasteiger partial charge in [-0.25, -0.2) is 9.59 Å². The van der Waals surface area contributed by atoms with E-state index in [2.05, 4.69) is 5.32 Å². The van der Waals surface area contributed by atoms with Crippen molar-refractivity contribution in [2.45, 2.75) is 32.0 Å². The number of rotatable bonds is 10. The molecular weight excluding hydrogens is 422 g/mol. The summed E-state index contributed by atoms with van der Waals surface area (Å²) < 4.78 is 11.7. The topological polar surface area (TPSA) is 105 Å². The number of carboxylic acid groups (broad SMARTS) is 1. The van der Waals surface area contributed by atoms with Gasteiger partial charge in [0.2, 0.25) is 0 Å². The van der Waals surface area contributed by atoms with Crippen LogP contribution in [-0.2, 0) is 14.3 Å². The minimum absolute atomic E-state index is 0.0926. The third kappa shape index (κ3) is 6.82. The number of carbonyl (C=O) groups excluding carboxylic acids is 1. The SMILES string of the molecule is CCO[C@H](CC/C=C/C(=O)O)[C@H](OC(=O)Nc1cccc2ccccc12)c1ccc(O)cc1. The second-order valence-electron chi connectivity index (χ2n) is 7.38. The number of carboxylic acids is 1. The van der Waals surface area contributed by atoms with Crippen molar-refractivity contribution in [2.24, 2.45) is 0 Å². The van der Waals surface area contributed by atoms with Crippen molar-refractivity contribution in [3.63, 3.8) is 0 Å². The fourth-order valence-corrected chi connectivity index (χ4v) is 3.59. The normalized spacial score (nSPS) is 13.0. The Bertz CT molecular complexity index is 1100. The van der Waals surface area contributed by atoms with Gasteiger partial charge in [0.05, 0.1) is 11.8 Å². The van der Waals surface area contributed by atoms with E-state index >= 15 is 0 Å². The molecule has 0 aliphatic heterocycles. The number of allylic oxidation sites excluding steroid dienone is 1. The van der Waals surface area contributed by atoms with E-state index in [0.717, 1.165) is 16.8 Å². The van der Waals surface area contributed by atoms with Crippen molar-refractivity contribution in [3.8, 4) is 5.75 Å². The molecule has 0 saturated heterocycles. The summed E-state index contributed by atoms with van der Waals surface area (Å²) in [6.45, 7) is 2.22. The molecule has 0 unspecified atom stereocenters. The number of aromatic hydroxyl groups is 1. The molecule has 0 spiro atoms. The summed E-state index contributed by atoms with van der Waals surface area (Å²) in [4.78, 5) is 23.7. The number of nitrogens with one attached hydrogen (secondary N) is 1. The van der Waals surface area contributed by atoms with Crippen LogP contribution in [0.1, 0.15) is 31.4 Å². The van der Waals surface area contributed by atoms with Gasteiger partial charge in [0.1, 0.15) is 5.75 Å². The van der Waals surface area contributed by atoms with Crippen LogP contribution in [0.25, 0.3) is 10.8 Å². The first-order valence-corrected chi connectivity index (χ1v) is 10.7. The molecule has 0 aliphatic carbocycles. The Kier molecular flexibility index (Phi) is 8.43. The van der Waals surface area contributed by atoms with Crippen LogP contribution >= 0.6 is 0 Å². The summed E-state index contributed by atoms with van der Waals surface area (Å²) in [5.74, 6) is -0.932. The molecule has 7 nitrogen and oxygen atoms in total. The summed E-state index contributed by atoms with van der Waals surface area (Å²) in [6, 6.07) is 19.7. The first kappa shape index (κ1) is 23.8. The fourth-order valence-electron chi connectivity index (χ4n) is 3.59. The Balaban J connectivity index is 1.82. The molecule has 0 saturated carbocycles. The highest BCUT2D eigenvalue weighted by Crippen LogP contribution is 2.30. The molecule has 3 aromatic rings. The third-order valence-electron chi connectivity index (χ3n) is 5.08. The monoisotopic (exact) mass is 449 g/mol. The number of hydrogen-bond acceptors (Lipinski definition) is 5. The van der Waals surface area contributed by atoms with Gasteiger partial charge in [-0.1, -0.05) is 54.6 Å². The van der Waals surface area contributed by atoms with Crippen molar-refractivity contribution < 1.29 is 29.3 Å². The highest BCUT2D eigenvalue weighted by molar-refractivity contribution is 6.00. The highest BCUT2D eigenvalue weighted by Gasteiger charge is 2.27. The average molecular weight is 450 g/mol. The zero-order valence-corrected chi connectivity index (χ0v) is 18.3. The fraction of sp³-hybridized carbons (Fsp3) is 0.231. The number of phenols is 1. The van der Waals surface area contributed by atoms with E-state index in [1.165, 1.54) is 12.1 Å². The first-order chi connectivity index (χ1) is 16.0. The molecule has 33 heavy (non-hydrogen) atoms. The van der Waals surface area contributed by atoms with Gasteiger partial charge in [-0.15, -0.1) is 0 Å². The van der Waals surface area contributed by atoms with Crippen molar-refractivity contribution in [1.82, 2.24) is 0 Å². The molecular formula is C26H27NO6. The van der Waals surface area contributed by atoms with Crippen LogP contribution in [0.15, 0.2) is 78.9 Å². The van der Waals surface area contributed by atoms with Crippen LogP contribution in [0.3, 0.4) is 0 Å². The Morgan fingerprint density at radius 2 is 1.76 bits per heavy atom. The Morgan fingerprint density at radius 1 is 1.03 bits per heavy atom. The zero-order chi connectivity index (χ0) is 23.6. The minimum atomic E-state index is -1.02. The number of ether oxygens (including phenoxy) is 2. The van der Waals surface area contributed by atoms with Gasteiger partial charge in [0.25, 0.3) is 0 Å².